The average molecular weight is 339 g/mol. The van der Waals surface area contributed by atoms with E-state index in [-0.39, 0.29) is 11.9 Å². The smallest absolute Gasteiger partial charge is 0.253 e. The van der Waals surface area contributed by atoms with Gasteiger partial charge in [0.1, 0.15) is 5.75 Å². The van der Waals surface area contributed by atoms with E-state index in [1.54, 1.807) is 0 Å². The highest BCUT2D eigenvalue weighted by molar-refractivity contribution is 5.94. The van der Waals surface area contributed by atoms with Crippen LogP contribution in [-0.2, 0) is 0 Å². The molecule has 0 unspecified atom stereocenters. The van der Waals surface area contributed by atoms with Gasteiger partial charge < -0.3 is 9.64 Å². The minimum absolute atomic E-state index is 0.0994. The third-order valence-electron chi connectivity index (χ3n) is 5.07. The molecule has 0 spiro atoms. The van der Waals surface area contributed by atoms with E-state index < -0.39 is 0 Å². The molecule has 0 bridgehead atoms. The Morgan fingerprint density at radius 3 is 2.72 bits per heavy atom. The Labute approximate surface area is 148 Å². The second-order valence-electron chi connectivity index (χ2n) is 7.32. The Balaban J connectivity index is 1.39. The van der Waals surface area contributed by atoms with Crippen LogP contribution in [-0.4, -0.2) is 40.3 Å². The summed E-state index contributed by atoms with van der Waals surface area (Å²) >= 11 is 0. The quantitative estimate of drug-likeness (QED) is 0.838. The molecule has 1 aromatic carbocycles. The van der Waals surface area contributed by atoms with Crippen molar-refractivity contribution in [2.75, 3.05) is 19.7 Å². The molecule has 2 heterocycles. The van der Waals surface area contributed by atoms with Crippen molar-refractivity contribution in [1.82, 2.24) is 14.7 Å². The van der Waals surface area contributed by atoms with Crippen LogP contribution in [0.5, 0.6) is 5.75 Å². The van der Waals surface area contributed by atoms with E-state index in [1.807, 2.05) is 47.0 Å². The van der Waals surface area contributed by atoms with Crippen molar-refractivity contribution in [3.05, 3.63) is 47.8 Å². The highest BCUT2D eigenvalue weighted by atomic mass is 16.5. The van der Waals surface area contributed by atoms with Gasteiger partial charge in [-0.25, -0.2) is 0 Å². The molecule has 1 aromatic heterocycles. The van der Waals surface area contributed by atoms with Crippen LogP contribution in [0.25, 0.3) is 0 Å². The molecule has 4 rings (SSSR count). The van der Waals surface area contributed by atoms with Crippen LogP contribution in [0.1, 0.15) is 47.6 Å². The Morgan fingerprint density at radius 1 is 1.24 bits per heavy atom. The van der Waals surface area contributed by atoms with Crippen LogP contribution in [0.15, 0.2) is 36.7 Å². The Hall–Kier alpha value is -2.30. The van der Waals surface area contributed by atoms with Gasteiger partial charge in [0, 0.05) is 24.8 Å². The highest BCUT2D eigenvalue weighted by Crippen LogP contribution is 2.29. The number of amides is 1. The molecule has 132 valence electrons. The Kier molecular flexibility index (Phi) is 4.47. The van der Waals surface area contributed by atoms with Gasteiger partial charge in [-0.15, -0.1) is 0 Å². The molecule has 5 heteroatoms. The summed E-state index contributed by atoms with van der Waals surface area (Å²) in [5, 5.41) is 4.42. The first-order valence-corrected chi connectivity index (χ1v) is 9.22. The molecule has 5 nitrogen and oxygen atoms in total. The molecule has 0 radical (unpaired) electrons. The number of nitrogens with zero attached hydrogens (tertiary/aromatic N) is 3. The lowest BCUT2D eigenvalue weighted by Crippen LogP contribution is -2.40. The van der Waals surface area contributed by atoms with E-state index in [9.17, 15) is 4.79 Å². The minimum Gasteiger partial charge on any atom is -0.493 e. The molecule has 0 N–H and O–H groups in total. The van der Waals surface area contributed by atoms with Crippen LogP contribution in [0.3, 0.4) is 0 Å². The third-order valence-corrected chi connectivity index (χ3v) is 5.07. The summed E-state index contributed by atoms with van der Waals surface area (Å²) in [6, 6.07) is 7.85. The number of aryl methyl sites for hydroxylation is 1. The highest BCUT2D eigenvalue weighted by Gasteiger charge is 2.26. The van der Waals surface area contributed by atoms with Gasteiger partial charge in [-0.3, -0.25) is 9.48 Å². The first-order chi connectivity index (χ1) is 12.2. The fraction of sp³-hybridized carbons (Fsp3) is 0.500. The predicted octanol–water partition coefficient (Wildman–Crippen LogP) is 3.46. The van der Waals surface area contributed by atoms with Crippen molar-refractivity contribution in [3.63, 3.8) is 0 Å². The number of hydrogen-bond donors (Lipinski definition) is 0. The zero-order chi connectivity index (χ0) is 17.2. The maximum atomic E-state index is 12.8. The van der Waals surface area contributed by atoms with Crippen molar-refractivity contribution in [3.8, 4) is 5.75 Å². The van der Waals surface area contributed by atoms with E-state index in [2.05, 4.69) is 11.3 Å². The van der Waals surface area contributed by atoms with Gasteiger partial charge in [-0.1, -0.05) is 0 Å². The van der Waals surface area contributed by atoms with Gasteiger partial charge in [-0.2, -0.15) is 5.10 Å². The number of rotatable bonds is 5. The van der Waals surface area contributed by atoms with Gasteiger partial charge in [0.2, 0.25) is 0 Å². The number of benzene rings is 1. The normalized spacial score (nSPS) is 20.5. The molecule has 2 aliphatic rings. The monoisotopic (exact) mass is 339 g/mol. The second-order valence-corrected chi connectivity index (χ2v) is 7.32. The Bertz CT molecular complexity index is 734. The second kappa shape index (κ2) is 6.90. The summed E-state index contributed by atoms with van der Waals surface area (Å²) in [4.78, 5) is 14.8. The van der Waals surface area contributed by atoms with Crippen LogP contribution in [0.2, 0.25) is 0 Å². The fourth-order valence-corrected chi connectivity index (χ4v) is 3.36. The van der Waals surface area contributed by atoms with Crippen LogP contribution in [0, 0.1) is 12.8 Å². The number of ether oxygens (including phenoxy) is 1. The predicted molar refractivity (Wildman–Crippen MR) is 95.8 cm³/mol. The standard InChI is InChI=1S/C20H25N3O2/c1-15-11-21-23(12-15)18-3-2-10-22(13-18)20(24)17-6-8-19(9-7-17)25-14-16-4-5-16/h6-9,11-12,16,18H,2-5,10,13-14H2,1H3/t18-/m0/s1. The maximum absolute atomic E-state index is 12.8. The average Bonchev–Trinajstić information content (AvgIpc) is 3.39. The molecule has 1 aliphatic heterocycles. The van der Waals surface area contributed by atoms with E-state index >= 15 is 0 Å². The summed E-state index contributed by atoms with van der Waals surface area (Å²) in [7, 11) is 0. The van der Waals surface area contributed by atoms with Crippen molar-refractivity contribution in [1.29, 1.82) is 0 Å². The molecule has 2 fully saturated rings. The maximum Gasteiger partial charge on any atom is 0.253 e. The number of piperidine rings is 1. The van der Waals surface area contributed by atoms with E-state index in [0.29, 0.717) is 0 Å². The molecule has 1 atom stereocenters. The lowest BCUT2D eigenvalue weighted by molar-refractivity contribution is 0.0673. The molecular weight excluding hydrogens is 314 g/mol. The number of likely N-dealkylation sites (tertiary alicyclic amines) is 1. The molecule has 25 heavy (non-hydrogen) atoms. The van der Waals surface area contributed by atoms with Gasteiger partial charge >= 0.3 is 0 Å². The summed E-state index contributed by atoms with van der Waals surface area (Å²) < 4.78 is 7.75. The summed E-state index contributed by atoms with van der Waals surface area (Å²) in [6.45, 7) is 4.38. The van der Waals surface area contributed by atoms with Gasteiger partial charge in [0.05, 0.1) is 18.8 Å². The van der Waals surface area contributed by atoms with E-state index in [0.717, 1.165) is 55.3 Å². The lowest BCUT2D eigenvalue weighted by atomic mass is 10.0. The van der Waals surface area contributed by atoms with E-state index in [4.69, 9.17) is 4.74 Å². The molecular formula is C20H25N3O2. The van der Waals surface area contributed by atoms with Gasteiger partial charge in [-0.05, 0) is 68.4 Å². The van der Waals surface area contributed by atoms with Crippen molar-refractivity contribution < 1.29 is 9.53 Å². The number of hydrogen-bond acceptors (Lipinski definition) is 3. The summed E-state index contributed by atoms with van der Waals surface area (Å²) in [6.07, 6.45) is 8.58. The van der Waals surface area contributed by atoms with Crippen molar-refractivity contribution in [2.24, 2.45) is 5.92 Å². The van der Waals surface area contributed by atoms with E-state index in [1.165, 1.54) is 12.8 Å². The SMILES string of the molecule is Cc1cnn([C@H]2CCCN(C(=O)c3ccc(OCC4CC4)cc3)C2)c1. The fourth-order valence-electron chi connectivity index (χ4n) is 3.36. The zero-order valence-corrected chi connectivity index (χ0v) is 14.7. The van der Waals surface area contributed by atoms with Crippen LogP contribution in [0.4, 0.5) is 0 Å². The van der Waals surface area contributed by atoms with Crippen molar-refractivity contribution in [2.45, 2.75) is 38.6 Å². The van der Waals surface area contributed by atoms with Gasteiger partial charge in [0.25, 0.3) is 5.91 Å². The topological polar surface area (TPSA) is 47.4 Å². The third kappa shape index (κ3) is 3.86. The van der Waals surface area contributed by atoms with Gasteiger partial charge in [0.15, 0.2) is 0 Å². The van der Waals surface area contributed by atoms with Crippen LogP contribution >= 0.6 is 0 Å². The molecule has 2 aromatic rings. The minimum atomic E-state index is 0.0994. The first-order valence-electron chi connectivity index (χ1n) is 9.22. The molecule has 1 saturated heterocycles. The summed E-state index contributed by atoms with van der Waals surface area (Å²) in [5.41, 5.74) is 1.89. The zero-order valence-electron chi connectivity index (χ0n) is 14.7. The lowest BCUT2D eigenvalue weighted by Gasteiger charge is -2.33. The number of carbonyl (C=O) groups excluding carboxylic acids is 1. The molecule has 1 amide bonds. The molecule has 1 aliphatic carbocycles. The number of aromatic nitrogens is 2. The van der Waals surface area contributed by atoms with Crippen LogP contribution < -0.4 is 4.74 Å². The van der Waals surface area contributed by atoms with Crippen molar-refractivity contribution >= 4 is 5.91 Å². The number of carbonyl (C=O) groups is 1. The Morgan fingerprint density at radius 2 is 2.04 bits per heavy atom. The summed E-state index contributed by atoms with van der Waals surface area (Å²) in [5.74, 6) is 1.69. The molecule has 1 saturated carbocycles. The first kappa shape index (κ1) is 16.2. The largest absolute Gasteiger partial charge is 0.493 e.